The van der Waals surface area contributed by atoms with Crippen molar-refractivity contribution in [1.82, 2.24) is 10.3 Å². The lowest BCUT2D eigenvalue weighted by Crippen LogP contribution is -2.32. The van der Waals surface area contributed by atoms with Crippen molar-refractivity contribution < 1.29 is 37.4 Å². The minimum atomic E-state index is -1.06. The van der Waals surface area contributed by atoms with E-state index in [1.807, 2.05) is 32.9 Å². The molecular formula is C39H42F2N2O6S. The quantitative estimate of drug-likeness (QED) is 0.0702. The van der Waals surface area contributed by atoms with Crippen LogP contribution in [0.2, 0.25) is 0 Å². The number of methoxy groups -OCH3 is 1. The number of fused-ring (bicyclic) bond motifs is 1. The Morgan fingerprint density at radius 1 is 0.860 bits per heavy atom. The van der Waals surface area contributed by atoms with Crippen LogP contribution < -0.4 is 14.8 Å². The largest absolute Gasteiger partial charge is 0.496 e. The molecule has 1 N–H and O–H groups in total. The number of halogens is 2. The molecule has 1 fully saturated rings. The molecule has 50 heavy (non-hydrogen) atoms. The Morgan fingerprint density at radius 2 is 1.56 bits per heavy atom. The van der Waals surface area contributed by atoms with Gasteiger partial charge in [-0.2, -0.15) is 0 Å². The molecule has 0 spiro atoms. The van der Waals surface area contributed by atoms with Crippen LogP contribution in [0.15, 0.2) is 71.8 Å². The van der Waals surface area contributed by atoms with Gasteiger partial charge in [0.15, 0.2) is 23.1 Å². The Labute approximate surface area is 295 Å². The van der Waals surface area contributed by atoms with Crippen LogP contribution in [0.5, 0.6) is 17.2 Å². The van der Waals surface area contributed by atoms with Crippen LogP contribution in [0.25, 0.3) is 10.9 Å². The number of nitrogens with zero attached hydrogens (tertiary/aromatic N) is 1. The number of rotatable bonds is 16. The predicted octanol–water partition coefficient (Wildman–Crippen LogP) is 8.80. The van der Waals surface area contributed by atoms with Crippen LogP contribution >= 0.6 is 11.8 Å². The van der Waals surface area contributed by atoms with Gasteiger partial charge in [-0.1, -0.05) is 24.6 Å². The molecule has 1 amide bonds. The zero-order valence-corrected chi connectivity index (χ0v) is 29.6. The maximum Gasteiger partial charge on any atom is 0.407 e. The van der Waals surface area contributed by atoms with Crippen molar-refractivity contribution in [3.8, 4) is 17.2 Å². The number of unbranched alkanes of at least 4 members (excludes halogenated alkanes) is 2. The summed E-state index contributed by atoms with van der Waals surface area (Å²) >= 11 is 1.65. The van der Waals surface area contributed by atoms with Crippen molar-refractivity contribution in [1.29, 1.82) is 0 Å². The lowest BCUT2D eigenvalue weighted by atomic mass is 9.88. The zero-order chi connectivity index (χ0) is 35.9. The first kappa shape index (κ1) is 36.8. The van der Waals surface area contributed by atoms with Crippen LogP contribution in [0.4, 0.5) is 13.6 Å². The monoisotopic (exact) mass is 704 g/mol. The number of pyridine rings is 1. The van der Waals surface area contributed by atoms with Gasteiger partial charge in [-0.05, 0) is 106 Å². The van der Waals surface area contributed by atoms with E-state index in [1.165, 1.54) is 24.3 Å². The number of hydrogen-bond donors (Lipinski definition) is 1. The highest BCUT2D eigenvalue weighted by Gasteiger charge is 2.54. The summed E-state index contributed by atoms with van der Waals surface area (Å²) in [6, 6.07) is 15.4. The van der Waals surface area contributed by atoms with Gasteiger partial charge in [0, 0.05) is 31.0 Å². The zero-order valence-electron chi connectivity index (χ0n) is 28.8. The van der Waals surface area contributed by atoms with Gasteiger partial charge in [-0.25, -0.2) is 13.6 Å². The second-order valence-electron chi connectivity index (χ2n) is 13.4. The molecule has 11 heteroatoms. The topological polar surface area (TPSA) is 104 Å². The molecule has 1 aliphatic rings. The number of carbonyl (C=O) groups is 3. The van der Waals surface area contributed by atoms with E-state index >= 15 is 4.39 Å². The Kier molecular flexibility index (Phi) is 11.8. The summed E-state index contributed by atoms with van der Waals surface area (Å²) in [6.45, 7) is 6.04. The Balaban J connectivity index is 1.17. The minimum Gasteiger partial charge on any atom is -0.496 e. The molecule has 264 valence electrons. The molecule has 0 bridgehead atoms. The number of Topliss-reactive ketones (excluding diaryl/α,β-unsaturated/α-hetero) is 2. The molecular weight excluding hydrogens is 662 g/mol. The van der Waals surface area contributed by atoms with Crippen LogP contribution in [-0.2, 0) is 27.2 Å². The molecule has 5 rings (SSSR count). The molecule has 3 aromatic carbocycles. The van der Waals surface area contributed by atoms with E-state index in [9.17, 15) is 18.8 Å². The number of alkyl carbamates (subject to hydrolysis) is 1. The van der Waals surface area contributed by atoms with E-state index in [4.69, 9.17) is 14.2 Å². The predicted molar refractivity (Wildman–Crippen MR) is 189 cm³/mol. The summed E-state index contributed by atoms with van der Waals surface area (Å²) in [7, 11) is 1.59. The van der Waals surface area contributed by atoms with E-state index in [0.29, 0.717) is 52.9 Å². The number of nitrogens with one attached hydrogen (secondary N) is 1. The number of benzene rings is 3. The summed E-state index contributed by atoms with van der Waals surface area (Å²) in [6.07, 6.45) is 4.79. The van der Waals surface area contributed by atoms with E-state index in [2.05, 4.69) is 10.3 Å². The maximum absolute atomic E-state index is 15.3. The summed E-state index contributed by atoms with van der Waals surface area (Å²) in [4.78, 5) is 43.4. The normalized spacial score (nSPS) is 13.5. The SMILES string of the molecule is COc1cc2c(Oc3ccc(CC(=O)C4(C(=O)Cc5ccc(F)cc5)CC4)cc3F)ccnc2cc1SCCCCCNC(=O)OC(C)(C)C. The number of ether oxygens (including phenoxy) is 3. The van der Waals surface area contributed by atoms with Crippen molar-refractivity contribution in [2.75, 3.05) is 19.4 Å². The molecule has 0 unspecified atom stereocenters. The molecule has 0 saturated heterocycles. The Bertz CT molecular complexity index is 1850. The van der Waals surface area contributed by atoms with E-state index in [1.54, 1.807) is 49.3 Å². The third-order valence-corrected chi connectivity index (χ3v) is 9.53. The third kappa shape index (κ3) is 9.59. The summed E-state index contributed by atoms with van der Waals surface area (Å²) < 4.78 is 45.5. The Morgan fingerprint density at radius 3 is 2.22 bits per heavy atom. The second-order valence-corrected chi connectivity index (χ2v) is 14.6. The lowest BCUT2D eigenvalue weighted by Gasteiger charge is -2.19. The summed E-state index contributed by atoms with van der Waals surface area (Å²) in [5, 5.41) is 3.43. The van der Waals surface area contributed by atoms with Crippen molar-refractivity contribution in [2.45, 2.75) is 76.2 Å². The molecule has 1 aromatic heterocycles. The average Bonchev–Trinajstić information content (AvgIpc) is 3.88. The summed E-state index contributed by atoms with van der Waals surface area (Å²) in [5.74, 6) is 0.407. The van der Waals surface area contributed by atoms with Gasteiger partial charge in [0.1, 0.15) is 22.9 Å². The summed E-state index contributed by atoms with van der Waals surface area (Å²) in [5.41, 5.74) is 0.175. The van der Waals surface area contributed by atoms with Crippen molar-refractivity contribution in [2.24, 2.45) is 5.41 Å². The van der Waals surface area contributed by atoms with Crippen molar-refractivity contribution in [3.05, 3.63) is 89.6 Å². The highest BCUT2D eigenvalue weighted by Crippen LogP contribution is 2.49. The number of amides is 1. The highest BCUT2D eigenvalue weighted by molar-refractivity contribution is 7.99. The molecule has 0 aliphatic heterocycles. The van der Waals surface area contributed by atoms with Gasteiger partial charge in [-0.3, -0.25) is 14.6 Å². The van der Waals surface area contributed by atoms with Crippen molar-refractivity contribution in [3.63, 3.8) is 0 Å². The van der Waals surface area contributed by atoms with Gasteiger partial charge < -0.3 is 19.5 Å². The van der Waals surface area contributed by atoms with Crippen LogP contribution in [0.3, 0.4) is 0 Å². The van der Waals surface area contributed by atoms with E-state index in [0.717, 1.165) is 29.9 Å². The number of thioether (sulfide) groups is 1. The first-order valence-corrected chi connectivity index (χ1v) is 17.7. The number of hydrogen-bond acceptors (Lipinski definition) is 8. The maximum atomic E-state index is 15.3. The lowest BCUT2D eigenvalue weighted by molar-refractivity contribution is -0.133. The molecule has 4 aromatic rings. The number of aromatic nitrogens is 1. The first-order valence-electron chi connectivity index (χ1n) is 16.7. The minimum absolute atomic E-state index is 0.0132. The van der Waals surface area contributed by atoms with Gasteiger partial charge >= 0.3 is 6.09 Å². The smallest absolute Gasteiger partial charge is 0.407 e. The fourth-order valence-electron chi connectivity index (χ4n) is 5.59. The average molecular weight is 705 g/mol. The third-order valence-electron chi connectivity index (χ3n) is 8.41. The number of carbonyl (C=O) groups excluding carboxylic acids is 3. The molecule has 0 atom stereocenters. The molecule has 1 aliphatic carbocycles. The van der Waals surface area contributed by atoms with Crippen LogP contribution in [0.1, 0.15) is 64.0 Å². The fraction of sp³-hybridized carbons (Fsp3) is 0.385. The fourth-order valence-corrected chi connectivity index (χ4v) is 6.63. The van der Waals surface area contributed by atoms with Crippen LogP contribution in [-0.4, -0.2) is 47.7 Å². The molecule has 1 heterocycles. The van der Waals surface area contributed by atoms with Gasteiger partial charge in [0.25, 0.3) is 0 Å². The molecule has 0 radical (unpaired) electrons. The van der Waals surface area contributed by atoms with Gasteiger partial charge in [-0.15, -0.1) is 11.8 Å². The van der Waals surface area contributed by atoms with Crippen molar-refractivity contribution >= 4 is 40.3 Å². The Hall–Kier alpha value is -4.51. The second kappa shape index (κ2) is 16.0. The number of ketones is 2. The van der Waals surface area contributed by atoms with Gasteiger partial charge in [0.05, 0.1) is 22.9 Å². The first-order chi connectivity index (χ1) is 23.9. The highest BCUT2D eigenvalue weighted by atomic mass is 32.2. The van der Waals surface area contributed by atoms with Crippen LogP contribution in [0, 0.1) is 17.0 Å². The van der Waals surface area contributed by atoms with Gasteiger partial charge in [0.2, 0.25) is 0 Å². The van der Waals surface area contributed by atoms with E-state index in [-0.39, 0.29) is 36.0 Å². The van der Waals surface area contributed by atoms with E-state index < -0.39 is 22.9 Å². The standard InChI is InChI=1S/C39H42F2N2O6S/c1-38(2,3)49-37(46)43-17-6-5-7-19-50-34-24-30-28(23-33(34)47-4)31(14-18-42-30)48-32-13-10-26(20-29(32)41)22-36(45)39(15-16-39)35(44)21-25-8-11-27(40)12-9-25/h8-14,18,20,23-24H,5-7,15-17,19,21-22H2,1-4H3,(H,43,46). The molecule has 8 nitrogen and oxygen atoms in total. The molecule has 1 saturated carbocycles.